The molecule has 0 unspecified atom stereocenters. The smallest absolute Gasteiger partial charge is 0.263 e. The van der Waals surface area contributed by atoms with E-state index in [4.69, 9.17) is 11.6 Å². The minimum absolute atomic E-state index is 0.0256. The van der Waals surface area contributed by atoms with Crippen LogP contribution in [0.15, 0.2) is 40.7 Å². The molecule has 26 heavy (non-hydrogen) atoms. The fourth-order valence-corrected chi connectivity index (χ4v) is 4.73. The summed E-state index contributed by atoms with van der Waals surface area (Å²) in [5.74, 6) is -0.267. The van der Waals surface area contributed by atoms with Crippen LogP contribution < -0.4 is 10.0 Å². The number of benzene rings is 1. The molecule has 0 aliphatic rings. The summed E-state index contributed by atoms with van der Waals surface area (Å²) in [7, 11) is -3.76. The van der Waals surface area contributed by atoms with Crippen molar-refractivity contribution in [2.75, 3.05) is 10.0 Å². The molecule has 7 nitrogen and oxygen atoms in total. The summed E-state index contributed by atoms with van der Waals surface area (Å²) in [6.45, 7) is 1.90. The number of aromatic nitrogens is 2. The second-order valence-electron chi connectivity index (χ2n) is 5.20. The largest absolute Gasteiger partial charge is 0.302 e. The standard InChI is InChI=1S/C15H13ClN4O3S3/c1-9-7-17-14(25-9)19-13(21)6-11-8-24-15(18-11)20-26(22,23)12-4-2-10(16)3-5-12/h2-5,7-8H,6H2,1H3,(H,18,20)(H,17,19,21). The lowest BCUT2D eigenvalue weighted by Crippen LogP contribution is -2.15. The molecule has 2 N–H and O–H groups in total. The van der Waals surface area contributed by atoms with Gasteiger partial charge in [-0.15, -0.1) is 22.7 Å². The summed E-state index contributed by atoms with van der Waals surface area (Å²) in [6.07, 6.45) is 1.70. The fourth-order valence-electron chi connectivity index (χ4n) is 1.96. The number of hydrogen-bond donors (Lipinski definition) is 2. The van der Waals surface area contributed by atoms with Gasteiger partial charge in [-0.3, -0.25) is 9.52 Å². The van der Waals surface area contributed by atoms with Crippen molar-refractivity contribution in [3.8, 4) is 0 Å². The molecule has 0 saturated carbocycles. The van der Waals surface area contributed by atoms with E-state index in [9.17, 15) is 13.2 Å². The summed E-state index contributed by atoms with van der Waals surface area (Å²) in [4.78, 5) is 21.3. The molecule has 3 aromatic rings. The van der Waals surface area contributed by atoms with Crippen LogP contribution in [0.4, 0.5) is 10.3 Å². The number of anilines is 2. The van der Waals surface area contributed by atoms with E-state index in [0.717, 1.165) is 16.2 Å². The highest BCUT2D eigenvalue weighted by atomic mass is 35.5. The summed E-state index contributed by atoms with van der Waals surface area (Å²) in [5.41, 5.74) is 0.467. The van der Waals surface area contributed by atoms with Gasteiger partial charge in [0.1, 0.15) is 0 Å². The molecule has 1 aromatic carbocycles. The Morgan fingerprint density at radius 1 is 1.23 bits per heavy atom. The Morgan fingerprint density at radius 2 is 1.96 bits per heavy atom. The van der Waals surface area contributed by atoms with Gasteiger partial charge in [0.25, 0.3) is 10.0 Å². The zero-order valence-corrected chi connectivity index (χ0v) is 16.6. The van der Waals surface area contributed by atoms with Gasteiger partial charge in [0.05, 0.1) is 17.0 Å². The number of carbonyl (C=O) groups is 1. The van der Waals surface area contributed by atoms with Crippen molar-refractivity contribution in [3.63, 3.8) is 0 Å². The molecule has 3 rings (SSSR count). The van der Waals surface area contributed by atoms with E-state index in [-0.39, 0.29) is 22.4 Å². The first kappa shape index (κ1) is 18.8. The number of nitrogens with one attached hydrogen (secondary N) is 2. The highest BCUT2D eigenvalue weighted by molar-refractivity contribution is 7.93. The van der Waals surface area contributed by atoms with Crippen LogP contribution in [-0.2, 0) is 21.2 Å². The second-order valence-corrected chi connectivity index (χ2v) is 9.42. The van der Waals surface area contributed by atoms with Crippen molar-refractivity contribution in [1.29, 1.82) is 0 Å². The van der Waals surface area contributed by atoms with Gasteiger partial charge in [0, 0.05) is 21.5 Å². The Morgan fingerprint density at radius 3 is 2.62 bits per heavy atom. The lowest BCUT2D eigenvalue weighted by Gasteiger charge is -2.05. The molecule has 1 amide bonds. The van der Waals surface area contributed by atoms with Gasteiger partial charge in [-0.1, -0.05) is 11.6 Å². The van der Waals surface area contributed by atoms with Crippen LogP contribution in [0.3, 0.4) is 0 Å². The molecule has 2 heterocycles. The monoisotopic (exact) mass is 428 g/mol. The lowest BCUT2D eigenvalue weighted by atomic mass is 10.3. The Balaban J connectivity index is 1.64. The number of thiazole rings is 2. The number of amides is 1. The number of aryl methyl sites for hydroxylation is 1. The molecule has 0 spiro atoms. The van der Waals surface area contributed by atoms with E-state index >= 15 is 0 Å². The van der Waals surface area contributed by atoms with Crippen LogP contribution in [0.5, 0.6) is 0 Å². The zero-order chi connectivity index (χ0) is 18.7. The zero-order valence-electron chi connectivity index (χ0n) is 13.4. The summed E-state index contributed by atoms with van der Waals surface area (Å²) in [6, 6.07) is 5.80. The number of halogens is 1. The minimum atomic E-state index is -3.76. The third-order valence-corrected chi connectivity index (χ3v) is 6.48. The Hall–Kier alpha value is -2.01. The molecule has 0 aliphatic carbocycles. The van der Waals surface area contributed by atoms with Gasteiger partial charge >= 0.3 is 0 Å². The van der Waals surface area contributed by atoms with Gasteiger partial charge in [-0.25, -0.2) is 18.4 Å². The Labute approximate surface area is 163 Å². The van der Waals surface area contributed by atoms with Gasteiger partial charge < -0.3 is 5.32 Å². The molecule has 0 atom stereocenters. The SMILES string of the molecule is Cc1cnc(NC(=O)Cc2csc(NS(=O)(=O)c3ccc(Cl)cc3)n2)s1. The number of carbonyl (C=O) groups excluding carboxylic acids is 1. The highest BCUT2D eigenvalue weighted by Gasteiger charge is 2.17. The van der Waals surface area contributed by atoms with Crippen LogP contribution >= 0.6 is 34.3 Å². The van der Waals surface area contributed by atoms with Crippen molar-refractivity contribution < 1.29 is 13.2 Å². The maximum Gasteiger partial charge on any atom is 0.263 e. The summed E-state index contributed by atoms with van der Waals surface area (Å²) >= 11 is 8.25. The molecular formula is C15H13ClN4O3S3. The van der Waals surface area contributed by atoms with Crippen LogP contribution in [0.25, 0.3) is 0 Å². The number of nitrogens with zero attached hydrogens (tertiary/aromatic N) is 2. The minimum Gasteiger partial charge on any atom is -0.302 e. The molecule has 0 bridgehead atoms. The number of sulfonamides is 1. The predicted octanol–water partition coefficient (Wildman–Crippen LogP) is 3.54. The topological polar surface area (TPSA) is 101 Å². The molecule has 0 saturated heterocycles. The quantitative estimate of drug-likeness (QED) is 0.625. The highest BCUT2D eigenvalue weighted by Crippen LogP contribution is 2.22. The molecular weight excluding hydrogens is 416 g/mol. The van der Waals surface area contributed by atoms with Crippen molar-refractivity contribution in [1.82, 2.24) is 9.97 Å². The van der Waals surface area contributed by atoms with E-state index in [0.29, 0.717) is 15.8 Å². The van der Waals surface area contributed by atoms with Gasteiger partial charge in [-0.2, -0.15) is 0 Å². The fraction of sp³-hybridized carbons (Fsp3) is 0.133. The van der Waals surface area contributed by atoms with Crippen molar-refractivity contribution in [2.45, 2.75) is 18.2 Å². The molecule has 0 aliphatic heterocycles. The van der Waals surface area contributed by atoms with Crippen LogP contribution in [-0.4, -0.2) is 24.3 Å². The third kappa shape index (κ3) is 4.79. The second kappa shape index (κ2) is 7.70. The van der Waals surface area contributed by atoms with E-state index in [1.54, 1.807) is 11.6 Å². The van der Waals surface area contributed by atoms with E-state index in [2.05, 4.69) is 20.0 Å². The first-order valence-electron chi connectivity index (χ1n) is 7.27. The first-order valence-corrected chi connectivity index (χ1v) is 10.8. The predicted molar refractivity (Wildman–Crippen MR) is 104 cm³/mol. The molecule has 136 valence electrons. The average Bonchev–Trinajstić information content (AvgIpc) is 3.16. The van der Waals surface area contributed by atoms with Gasteiger partial charge in [0.2, 0.25) is 5.91 Å². The molecule has 0 radical (unpaired) electrons. The Bertz CT molecular complexity index is 1030. The van der Waals surface area contributed by atoms with Crippen molar-refractivity contribution in [2.24, 2.45) is 0 Å². The summed E-state index contributed by atoms with van der Waals surface area (Å²) < 4.78 is 27.0. The first-order chi connectivity index (χ1) is 12.3. The molecule has 2 aromatic heterocycles. The van der Waals surface area contributed by atoms with Crippen LogP contribution in [0.1, 0.15) is 10.6 Å². The molecule has 0 fully saturated rings. The maximum absolute atomic E-state index is 12.3. The maximum atomic E-state index is 12.3. The Kier molecular flexibility index (Phi) is 5.56. The van der Waals surface area contributed by atoms with E-state index in [1.807, 2.05) is 6.92 Å². The summed E-state index contributed by atoms with van der Waals surface area (Å²) in [5, 5.41) is 5.47. The molecule has 11 heteroatoms. The van der Waals surface area contributed by atoms with Gasteiger partial charge in [-0.05, 0) is 31.2 Å². The van der Waals surface area contributed by atoms with Gasteiger partial charge in [0.15, 0.2) is 10.3 Å². The van der Waals surface area contributed by atoms with Crippen LogP contribution in [0.2, 0.25) is 5.02 Å². The normalized spacial score (nSPS) is 11.3. The average molecular weight is 429 g/mol. The van der Waals surface area contributed by atoms with Crippen molar-refractivity contribution >= 4 is 60.5 Å². The number of rotatable bonds is 6. The lowest BCUT2D eigenvalue weighted by molar-refractivity contribution is -0.115. The number of hydrogen-bond acceptors (Lipinski definition) is 7. The van der Waals surface area contributed by atoms with Crippen LogP contribution in [0, 0.1) is 6.92 Å². The van der Waals surface area contributed by atoms with E-state index < -0.39 is 10.0 Å². The van der Waals surface area contributed by atoms with E-state index in [1.165, 1.54) is 35.6 Å². The third-order valence-electron chi connectivity index (χ3n) is 3.11. The van der Waals surface area contributed by atoms with Crippen molar-refractivity contribution in [3.05, 3.63) is 51.4 Å².